The highest BCUT2D eigenvalue weighted by Gasteiger charge is 2.16. The van der Waals surface area contributed by atoms with Gasteiger partial charge in [-0.05, 0) is 29.8 Å². The van der Waals surface area contributed by atoms with Crippen molar-refractivity contribution in [1.82, 2.24) is 25.0 Å². The van der Waals surface area contributed by atoms with Crippen LogP contribution in [0.1, 0.15) is 17.9 Å². The van der Waals surface area contributed by atoms with Gasteiger partial charge in [0, 0.05) is 29.1 Å². The van der Waals surface area contributed by atoms with E-state index in [1.807, 2.05) is 24.4 Å². The topological polar surface area (TPSA) is 95.7 Å². The number of anilines is 1. The molecule has 0 aliphatic carbocycles. The summed E-state index contributed by atoms with van der Waals surface area (Å²) in [6.45, 7) is 0.550. The number of aromatic nitrogens is 5. The number of nitrogen functional groups attached to an aromatic ring is 1. The lowest BCUT2D eigenvalue weighted by Gasteiger charge is -2.03. The van der Waals surface area contributed by atoms with Crippen LogP contribution < -0.4 is 5.73 Å². The second-order valence-corrected chi connectivity index (χ2v) is 5.84. The summed E-state index contributed by atoms with van der Waals surface area (Å²) in [6, 6.07) is 10.8. The van der Waals surface area contributed by atoms with Crippen LogP contribution >= 0.6 is 0 Å². The first kappa shape index (κ1) is 16.8. The molecule has 0 bridgehead atoms. The monoisotopic (exact) mass is 368 g/mol. The molecule has 9 heteroatoms. The Kier molecular flexibility index (Phi) is 4.33. The molecule has 136 valence electrons. The van der Waals surface area contributed by atoms with Gasteiger partial charge in [0.2, 0.25) is 5.89 Å². The fourth-order valence-electron chi connectivity index (χ4n) is 2.55. The molecule has 4 rings (SSSR count). The SMILES string of the molecule is Nc1ccc(-c2cnn(Cc3ccc(-c4nnc(C(F)F)o4)cc3)c2)cn1. The molecule has 1 aromatic carbocycles. The molecule has 0 atom stereocenters. The van der Waals surface area contributed by atoms with Crippen molar-refractivity contribution in [1.29, 1.82) is 0 Å². The van der Waals surface area contributed by atoms with Crippen LogP contribution in [0.15, 0.2) is 59.4 Å². The Bertz CT molecular complexity index is 1040. The van der Waals surface area contributed by atoms with Gasteiger partial charge in [-0.2, -0.15) is 13.9 Å². The summed E-state index contributed by atoms with van der Waals surface area (Å²) in [5, 5.41) is 11.3. The fourth-order valence-corrected chi connectivity index (χ4v) is 2.55. The summed E-state index contributed by atoms with van der Waals surface area (Å²) < 4.78 is 31.8. The maximum absolute atomic E-state index is 12.5. The van der Waals surface area contributed by atoms with Crippen LogP contribution in [0.25, 0.3) is 22.6 Å². The van der Waals surface area contributed by atoms with Crippen molar-refractivity contribution in [3.8, 4) is 22.6 Å². The van der Waals surface area contributed by atoms with Gasteiger partial charge in [0.1, 0.15) is 5.82 Å². The van der Waals surface area contributed by atoms with Gasteiger partial charge in [0.15, 0.2) is 0 Å². The third kappa shape index (κ3) is 3.66. The molecule has 2 N–H and O–H groups in total. The minimum absolute atomic E-state index is 0.0640. The molecule has 0 saturated carbocycles. The van der Waals surface area contributed by atoms with Crippen molar-refractivity contribution < 1.29 is 13.2 Å². The molecule has 3 aromatic heterocycles. The van der Waals surface area contributed by atoms with E-state index in [-0.39, 0.29) is 5.89 Å². The number of benzene rings is 1. The van der Waals surface area contributed by atoms with Crippen LogP contribution in [-0.2, 0) is 6.54 Å². The lowest BCUT2D eigenvalue weighted by atomic mass is 10.1. The number of alkyl halides is 2. The summed E-state index contributed by atoms with van der Waals surface area (Å²) in [7, 11) is 0. The molecule has 4 aromatic rings. The molecule has 0 aliphatic heterocycles. The molecular weight excluding hydrogens is 354 g/mol. The summed E-state index contributed by atoms with van der Waals surface area (Å²) >= 11 is 0. The van der Waals surface area contributed by atoms with Crippen LogP contribution in [0.3, 0.4) is 0 Å². The van der Waals surface area contributed by atoms with E-state index >= 15 is 0 Å². The van der Waals surface area contributed by atoms with E-state index in [0.717, 1.165) is 16.7 Å². The van der Waals surface area contributed by atoms with E-state index in [0.29, 0.717) is 17.9 Å². The lowest BCUT2D eigenvalue weighted by Crippen LogP contribution is -1.99. The summed E-state index contributed by atoms with van der Waals surface area (Å²) in [5.74, 6) is -0.155. The molecule has 27 heavy (non-hydrogen) atoms. The van der Waals surface area contributed by atoms with E-state index in [4.69, 9.17) is 10.2 Å². The van der Waals surface area contributed by atoms with Crippen molar-refractivity contribution in [2.75, 3.05) is 5.73 Å². The minimum Gasteiger partial charge on any atom is -0.415 e. The van der Waals surface area contributed by atoms with Crippen molar-refractivity contribution in [2.24, 2.45) is 0 Å². The number of hydrogen-bond acceptors (Lipinski definition) is 6. The van der Waals surface area contributed by atoms with Gasteiger partial charge in [-0.25, -0.2) is 4.98 Å². The van der Waals surface area contributed by atoms with Gasteiger partial charge >= 0.3 is 6.43 Å². The normalized spacial score (nSPS) is 11.2. The Balaban J connectivity index is 1.48. The molecule has 7 nitrogen and oxygen atoms in total. The van der Waals surface area contributed by atoms with Gasteiger partial charge in [-0.3, -0.25) is 4.68 Å². The Morgan fingerprint density at radius 1 is 0.963 bits per heavy atom. The standard InChI is InChI=1S/C18H14F2N6O/c19-16(20)18-25-24-17(27-18)12-3-1-11(2-4-12)9-26-10-14(8-23-26)13-5-6-15(21)22-7-13/h1-8,10,16H,9H2,(H2,21,22). The number of hydrogen-bond donors (Lipinski definition) is 1. The summed E-state index contributed by atoms with van der Waals surface area (Å²) in [4.78, 5) is 4.07. The fraction of sp³-hybridized carbons (Fsp3) is 0.111. The quantitative estimate of drug-likeness (QED) is 0.579. The van der Waals surface area contributed by atoms with Gasteiger partial charge in [-0.1, -0.05) is 12.1 Å². The summed E-state index contributed by atoms with van der Waals surface area (Å²) in [5.41, 5.74) is 9.02. The highest BCUT2D eigenvalue weighted by Crippen LogP contribution is 2.24. The molecule has 0 radical (unpaired) electrons. The largest absolute Gasteiger partial charge is 0.415 e. The second-order valence-electron chi connectivity index (χ2n) is 5.84. The van der Waals surface area contributed by atoms with Crippen molar-refractivity contribution in [3.05, 3.63) is 66.4 Å². The van der Waals surface area contributed by atoms with E-state index in [1.54, 1.807) is 35.3 Å². The number of nitrogens with zero attached hydrogens (tertiary/aromatic N) is 5. The van der Waals surface area contributed by atoms with Gasteiger partial charge in [0.05, 0.1) is 12.7 Å². The molecule has 0 spiro atoms. The predicted molar refractivity (Wildman–Crippen MR) is 93.7 cm³/mol. The zero-order chi connectivity index (χ0) is 18.8. The Morgan fingerprint density at radius 2 is 1.74 bits per heavy atom. The van der Waals surface area contributed by atoms with E-state index in [9.17, 15) is 8.78 Å². The van der Waals surface area contributed by atoms with Crippen LogP contribution in [0.5, 0.6) is 0 Å². The predicted octanol–water partition coefficient (Wildman–Crippen LogP) is 3.56. The minimum atomic E-state index is -2.78. The van der Waals surface area contributed by atoms with E-state index in [2.05, 4.69) is 20.3 Å². The number of halogens is 2. The molecule has 0 saturated heterocycles. The first-order valence-corrected chi connectivity index (χ1v) is 8.04. The Labute approximate surface area is 152 Å². The van der Waals surface area contributed by atoms with Crippen LogP contribution in [0.2, 0.25) is 0 Å². The van der Waals surface area contributed by atoms with Crippen molar-refractivity contribution >= 4 is 5.82 Å². The highest BCUT2D eigenvalue weighted by molar-refractivity contribution is 5.61. The molecule has 3 heterocycles. The number of nitrogens with two attached hydrogens (primary N) is 1. The first-order valence-electron chi connectivity index (χ1n) is 8.04. The van der Waals surface area contributed by atoms with E-state index < -0.39 is 12.3 Å². The van der Waals surface area contributed by atoms with Crippen LogP contribution in [-0.4, -0.2) is 25.0 Å². The van der Waals surface area contributed by atoms with Gasteiger partial charge < -0.3 is 10.2 Å². The average molecular weight is 368 g/mol. The zero-order valence-electron chi connectivity index (χ0n) is 14.0. The van der Waals surface area contributed by atoms with Gasteiger partial charge in [0.25, 0.3) is 5.89 Å². The van der Waals surface area contributed by atoms with E-state index in [1.165, 1.54) is 0 Å². The Morgan fingerprint density at radius 3 is 2.41 bits per heavy atom. The van der Waals surface area contributed by atoms with Crippen molar-refractivity contribution in [2.45, 2.75) is 13.0 Å². The third-order valence-corrected chi connectivity index (χ3v) is 3.93. The maximum Gasteiger partial charge on any atom is 0.314 e. The first-order chi connectivity index (χ1) is 13.1. The molecule has 0 aliphatic rings. The maximum atomic E-state index is 12.5. The number of rotatable bonds is 5. The van der Waals surface area contributed by atoms with Crippen LogP contribution in [0, 0.1) is 0 Å². The zero-order valence-corrected chi connectivity index (χ0v) is 14.0. The average Bonchev–Trinajstić information content (AvgIpc) is 3.33. The van der Waals surface area contributed by atoms with Gasteiger partial charge in [-0.15, -0.1) is 10.2 Å². The molecule has 0 fully saturated rings. The second kappa shape index (κ2) is 6.94. The smallest absolute Gasteiger partial charge is 0.314 e. The molecule has 0 unspecified atom stereocenters. The molecule has 0 amide bonds. The van der Waals surface area contributed by atoms with Crippen LogP contribution in [0.4, 0.5) is 14.6 Å². The van der Waals surface area contributed by atoms with Crippen molar-refractivity contribution in [3.63, 3.8) is 0 Å². The summed E-state index contributed by atoms with van der Waals surface area (Å²) in [6.07, 6.45) is 2.58. The molecular formula is C18H14F2N6O. The number of pyridine rings is 1. The third-order valence-electron chi connectivity index (χ3n) is 3.93. The highest BCUT2D eigenvalue weighted by atomic mass is 19.3. The lowest BCUT2D eigenvalue weighted by molar-refractivity contribution is 0.116. The Hall–Kier alpha value is -3.62.